The predicted octanol–water partition coefficient (Wildman–Crippen LogP) is 15.0. The van der Waals surface area contributed by atoms with Crippen molar-refractivity contribution >= 4 is 17.9 Å². The number of hydrogen-bond donors (Lipinski definition) is 0. The average molecular weight is 765 g/mol. The molecule has 0 radical (unpaired) electrons. The number of unbranched alkanes of at least 4 members (excludes halogenated alkanes) is 27. The Bertz CT molecular complexity index is 824. The normalized spacial score (nSPS) is 12.1. The third kappa shape index (κ3) is 41.6. The van der Waals surface area contributed by atoms with E-state index >= 15 is 0 Å². The molecule has 320 valence electrons. The number of hydrogen-bond acceptors (Lipinski definition) is 6. The van der Waals surface area contributed by atoms with Crippen LogP contribution in [0.4, 0.5) is 0 Å². The molecule has 0 aliphatic rings. The molecule has 1 atom stereocenters. The van der Waals surface area contributed by atoms with E-state index in [-0.39, 0.29) is 31.1 Å². The standard InChI is InChI=1S/C48H92O6/c1-6-7-8-9-10-11-12-13-14-19-24-30-35-40-48(51)54-45(42-53-47(50)39-34-29-25-20-22-27-32-37-44(4)5)41-52-46(49)38-33-28-23-18-16-15-17-21-26-31-36-43(2)3/h43-45H,6-42H2,1-5H3/t45-/m1/s1. The maximum absolute atomic E-state index is 12.7. The van der Waals surface area contributed by atoms with Crippen molar-refractivity contribution in [3.63, 3.8) is 0 Å². The summed E-state index contributed by atoms with van der Waals surface area (Å²) in [7, 11) is 0. The van der Waals surface area contributed by atoms with E-state index < -0.39 is 6.10 Å². The summed E-state index contributed by atoms with van der Waals surface area (Å²) in [6, 6.07) is 0. The van der Waals surface area contributed by atoms with Gasteiger partial charge in [-0.3, -0.25) is 14.4 Å². The first-order valence-electron chi connectivity index (χ1n) is 23.7. The Morgan fingerprint density at radius 1 is 0.352 bits per heavy atom. The van der Waals surface area contributed by atoms with Crippen molar-refractivity contribution in [1.29, 1.82) is 0 Å². The molecular formula is C48H92O6. The van der Waals surface area contributed by atoms with Crippen LogP contribution in [0.2, 0.25) is 0 Å². The lowest BCUT2D eigenvalue weighted by Crippen LogP contribution is -2.30. The molecule has 0 aromatic heterocycles. The lowest BCUT2D eigenvalue weighted by Gasteiger charge is -2.18. The van der Waals surface area contributed by atoms with E-state index in [9.17, 15) is 14.4 Å². The highest BCUT2D eigenvalue weighted by atomic mass is 16.6. The van der Waals surface area contributed by atoms with Gasteiger partial charge in [0.1, 0.15) is 13.2 Å². The molecule has 0 aliphatic heterocycles. The molecule has 6 heteroatoms. The van der Waals surface area contributed by atoms with E-state index in [1.807, 2.05) is 0 Å². The minimum Gasteiger partial charge on any atom is -0.462 e. The Balaban J connectivity index is 4.33. The summed E-state index contributed by atoms with van der Waals surface area (Å²) in [4.78, 5) is 37.7. The maximum Gasteiger partial charge on any atom is 0.306 e. The minimum atomic E-state index is -0.761. The average Bonchev–Trinajstić information content (AvgIpc) is 3.14. The van der Waals surface area contributed by atoms with Crippen LogP contribution in [-0.4, -0.2) is 37.2 Å². The second-order valence-electron chi connectivity index (χ2n) is 17.3. The summed E-state index contributed by atoms with van der Waals surface area (Å²) in [6.45, 7) is 11.3. The zero-order valence-corrected chi connectivity index (χ0v) is 36.8. The molecule has 0 unspecified atom stereocenters. The first-order valence-corrected chi connectivity index (χ1v) is 23.7. The van der Waals surface area contributed by atoms with Gasteiger partial charge in [0.2, 0.25) is 0 Å². The summed E-state index contributed by atoms with van der Waals surface area (Å²) in [5.74, 6) is 0.743. The second-order valence-corrected chi connectivity index (χ2v) is 17.3. The smallest absolute Gasteiger partial charge is 0.306 e. The molecule has 0 saturated heterocycles. The monoisotopic (exact) mass is 765 g/mol. The number of carbonyl (C=O) groups is 3. The molecule has 0 aromatic rings. The van der Waals surface area contributed by atoms with Crippen molar-refractivity contribution in [2.24, 2.45) is 11.8 Å². The Morgan fingerprint density at radius 2 is 0.611 bits per heavy atom. The molecule has 0 saturated carbocycles. The predicted molar refractivity (Wildman–Crippen MR) is 229 cm³/mol. The molecule has 0 aliphatic carbocycles. The highest BCUT2D eigenvalue weighted by Crippen LogP contribution is 2.17. The first kappa shape index (κ1) is 52.4. The van der Waals surface area contributed by atoms with Gasteiger partial charge in [-0.1, -0.05) is 221 Å². The molecular weight excluding hydrogens is 673 g/mol. The van der Waals surface area contributed by atoms with Gasteiger partial charge in [-0.15, -0.1) is 0 Å². The highest BCUT2D eigenvalue weighted by Gasteiger charge is 2.19. The van der Waals surface area contributed by atoms with Crippen molar-refractivity contribution in [2.75, 3.05) is 13.2 Å². The van der Waals surface area contributed by atoms with E-state index in [2.05, 4.69) is 34.6 Å². The number of esters is 3. The fourth-order valence-electron chi connectivity index (χ4n) is 7.11. The molecule has 0 N–H and O–H groups in total. The number of rotatable bonds is 42. The fraction of sp³-hybridized carbons (Fsp3) is 0.938. The molecule has 0 heterocycles. The highest BCUT2D eigenvalue weighted by molar-refractivity contribution is 5.71. The van der Waals surface area contributed by atoms with Crippen LogP contribution in [0, 0.1) is 11.8 Å². The van der Waals surface area contributed by atoms with E-state index in [0.29, 0.717) is 19.3 Å². The van der Waals surface area contributed by atoms with Crippen LogP contribution in [0.3, 0.4) is 0 Å². The Labute approximate surface area is 336 Å². The lowest BCUT2D eigenvalue weighted by atomic mass is 10.0. The zero-order valence-electron chi connectivity index (χ0n) is 36.8. The summed E-state index contributed by atoms with van der Waals surface area (Å²) in [5, 5.41) is 0. The van der Waals surface area contributed by atoms with Crippen molar-refractivity contribution in [3.8, 4) is 0 Å². The number of ether oxygens (including phenoxy) is 3. The largest absolute Gasteiger partial charge is 0.462 e. The van der Waals surface area contributed by atoms with Crippen LogP contribution in [0.25, 0.3) is 0 Å². The molecule has 0 amide bonds. The van der Waals surface area contributed by atoms with E-state index in [0.717, 1.165) is 69.6 Å². The topological polar surface area (TPSA) is 78.9 Å². The number of carbonyl (C=O) groups excluding carboxylic acids is 3. The van der Waals surface area contributed by atoms with Crippen molar-refractivity contribution in [3.05, 3.63) is 0 Å². The molecule has 6 nitrogen and oxygen atoms in total. The van der Waals surface area contributed by atoms with Gasteiger partial charge in [0.25, 0.3) is 0 Å². The summed E-state index contributed by atoms with van der Waals surface area (Å²) in [5.41, 5.74) is 0. The van der Waals surface area contributed by atoms with Crippen LogP contribution >= 0.6 is 0 Å². The molecule has 0 aromatic carbocycles. The van der Waals surface area contributed by atoms with Gasteiger partial charge in [-0.2, -0.15) is 0 Å². The van der Waals surface area contributed by atoms with Crippen LogP contribution in [0.5, 0.6) is 0 Å². The molecule has 0 fully saturated rings. The van der Waals surface area contributed by atoms with Crippen molar-refractivity contribution in [2.45, 2.75) is 265 Å². The van der Waals surface area contributed by atoms with E-state index in [1.54, 1.807) is 0 Å². The van der Waals surface area contributed by atoms with Crippen LogP contribution < -0.4 is 0 Å². The van der Waals surface area contributed by atoms with Crippen LogP contribution in [0.15, 0.2) is 0 Å². The van der Waals surface area contributed by atoms with Gasteiger partial charge < -0.3 is 14.2 Å². The van der Waals surface area contributed by atoms with E-state index in [4.69, 9.17) is 14.2 Å². The summed E-state index contributed by atoms with van der Waals surface area (Å²) < 4.78 is 16.7. The summed E-state index contributed by atoms with van der Waals surface area (Å²) >= 11 is 0. The Kier molecular flexibility index (Phi) is 39.8. The van der Waals surface area contributed by atoms with Crippen LogP contribution in [-0.2, 0) is 28.6 Å². The van der Waals surface area contributed by atoms with Crippen molar-refractivity contribution < 1.29 is 28.6 Å². The van der Waals surface area contributed by atoms with Gasteiger partial charge in [0.15, 0.2) is 6.10 Å². The van der Waals surface area contributed by atoms with Crippen LogP contribution in [0.1, 0.15) is 259 Å². The Hall–Kier alpha value is -1.59. The zero-order chi connectivity index (χ0) is 39.7. The van der Waals surface area contributed by atoms with E-state index in [1.165, 1.54) is 148 Å². The molecule has 0 spiro atoms. The second kappa shape index (κ2) is 41.1. The fourth-order valence-corrected chi connectivity index (χ4v) is 7.11. The third-order valence-corrected chi connectivity index (χ3v) is 10.7. The lowest BCUT2D eigenvalue weighted by molar-refractivity contribution is -0.167. The maximum atomic E-state index is 12.7. The molecule has 54 heavy (non-hydrogen) atoms. The van der Waals surface area contributed by atoms with Gasteiger partial charge in [0.05, 0.1) is 0 Å². The van der Waals surface area contributed by atoms with Crippen molar-refractivity contribution in [1.82, 2.24) is 0 Å². The summed E-state index contributed by atoms with van der Waals surface area (Å²) in [6.07, 6.45) is 39.5. The van der Waals surface area contributed by atoms with Gasteiger partial charge in [0, 0.05) is 19.3 Å². The van der Waals surface area contributed by atoms with Gasteiger partial charge in [-0.05, 0) is 31.1 Å². The SMILES string of the molecule is CCCCCCCCCCCCCCCC(=O)O[C@H](COC(=O)CCCCCCCCCCCCC(C)C)COC(=O)CCCCCCCCCC(C)C. The molecule has 0 bridgehead atoms. The first-order chi connectivity index (χ1) is 26.2. The molecule has 0 rings (SSSR count). The minimum absolute atomic E-state index is 0.0650. The Morgan fingerprint density at radius 3 is 0.907 bits per heavy atom. The third-order valence-electron chi connectivity index (χ3n) is 10.7. The van der Waals surface area contributed by atoms with Gasteiger partial charge in [-0.25, -0.2) is 0 Å². The quantitative estimate of drug-likeness (QED) is 0.0350. The van der Waals surface area contributed by atoms with Gasteiger partial charge >= 0.3 is 17.9 Å².